The molecular weight excluding hydrogens is 514 g/mol. The van der Waals surface area contributed by atoms with Crippen LogP contribution < -0.4 is 15.4 Å². The van der Waals surface area contributed by atoms with Crippen LogP contribution in [0.1, 0.15) is 33.2 Å². The number of aliphatic carboxylic acids is 1. The molecule has 2 amide bonds. The standard InChI is InChI=1S/C23H22ClN5O3.C3H6O3/c1-29(2)21(25)14-4-6-15(7-5-14)22(30)27-19-10-9-17(32-3)12-18(19)23(31)28-20-11-8-16(24)13-26-20;1-2(4)3(5)6/h4-13,25H,1-3H3,(H,27,30)(H,26,28,31);2,4H,1H3,(H,5,6). The topological polar surface area (TPSA) is 165 Å². The molecule has 0 bridgehead atoms. The van der Waals surface area contributed by atoms with Gasteiger partial charge in [0.25, 0.3) is 11.8 Å². The molecule has 0 aliphatic heterocycles. The Morgan fingerprint density at radius 2 is 1.61 bits per heavy atom. The number of amidine groups is 1. The van der Waals surface area contributed by atoms with E-state index >= 15 is 0 Å². The fourth-order valence-electron chi connectivity index (χ4n) is 2.81. The summed E-state index contributed by atoms with van der Waals surface area (Å²) in [6, 6.07) is 14.6. The lowest BCUT2D eigenvalue weighted by molar-refractivity contribution is -0.145. The second kappa shape index (κ2) is 13.7. The number of carbonyl (C=O) groups excluding carboxylic acids is 2. The average Bonchev–Trinajstić information content (AvgIpc) is 2.90. The van der Waals surface area contributed by atoms with E-state index in [1.54, 1.807) is 67.5 Å². The number of ether oxygens (including phenoxy) is 1. The number of benzene rings is 2. The Kier molecular flexibility index (Phi) is 10.7. The first-order valence-corrected chi connectivity index (χ1v) is 11.5. The summed E-state index contributed by atoms with van der Waals surface area (Å²) in [6.45, 7) is 1.20. The molecule has 3 aromatic rings. The minimum Gasteiger partial charge on any atom is -0.497 e. The number of hydrogen-bond acceptors (Lipinski definition) is 7. The molecule has 0 aliphatic rings. The zero-order chi connectivity index (χ0) is 28.4. The van der Waals surface area contributed by atoms with Crippen molar-refractivity contribution in [3.8, 4) is 5.75 Å². The molecule has 0 spiro atoms. The molecule has 12 heteroatoms. The van der Waals surface area contributed by atoms with Gasteiger partial charge in [-0.3, -0.25) is 15.0 Å². The van der Waals surface area contributed by atoms with Crippen LogP contribution in [0.5, 0.6) is 5.75 Å². The van der Waals surface area contributed by atoms with Crippen molar-refractivity contribution < 1.29 is 29.3 Å². The minimum absolute atomic E-state index is 0.209. The van der Waals surface area contributed by atoms with Crippen molar-refractivity contribution in [3.05, 3.63) is 82.5 Å². The van der Waals surface area contributed by atoms with Gasteiger partial charge in [-0.05, 0) is 49.4 Å². The van der Waals surface area contributed by atoms with Crippen LogP contribution in [0.3, 0.4) is 0 Å². The molecule has 1 atom stereocenters. The number of methoxy groups -OCH3 is 1. The summed E-state index contributed by atoms with van der Waals surface area (Å²) in [5, 5.41) is 29.7. The normalized spacial score (nSPS) is 10.8. The number of hydrogen-bond donors (Lipinski definition) is 5. The lowest BCUT2D eigenvalue weighted by Gasteiger charge is -2.15. The number of carboxylic acids is 1. The minimum atomic E-state index is -1.23. The Morgan fingerprint density at radius 3 is 2.11 bits per heavy atom. The predicted octanol–water partition coefficient (Wildman–Crippen LogP) is 3.59. The summed E-state index contributed by atoms with van der Waals surface area (Å²) in [6.07, 6.45) is 0.190. The molecule has 3 rings (SSSR count). The van der Waals surface area contributed by atoms with E-state index in [9.17, 15) is 14.4 Å². The van der Waals surface area contributed by atoms with Crippen LogP contribution in [0, 0.1) is 5.41 Å². The van der Waals surface area contributed by atoms with E-state index in [0.29, 0.717) is 39.2 Å². The highest BCUT2D eigenvalue weighted by molar-refractivity contribution is 6.30. The zero-order valence-electron chi connectivity index (χ0n) is 21.2. The van der Waals surface area contributed by atoms with Crippen LogP contribution in [-0.2, 0) is 4.79 Å². The van der Waals surface area contributed by atoms with Gasteiger partial charge in [-0.15, -0.1) is 0 Å². The van der Waals surface area contributed by atoms with E-state index < -0.39 is 23.9 Å². The van der Waals surface area contributed by atoms with Gasteiger partial charge in [0.1, 0.15) is 23.5 Å². The Morgan fingerprint density at radius 1 is 1.00 bits per heavy atom. The maximum Gasteiger partial charge on any atom is 0.332 e. The summed E-state index contributed by atoms with van der Waals surface area (Å²) in [4.78, 5) is 40.8. The number of nitrogens with one attached hydrogen (secondary N) is 3. The number of pyridine rings is 1. The molecule has 0 saturated carbocycles. The summed E-state index contributed by atoms with van der Waals surface area (Å²) in [5.74, 6) is -0.931. The van der Waals surface area contributed by atoms with Crippen molar-refractivity contribution in [3.63, 3.8) is 0 Å². The number of aromatic nitrogens is 1. The van der Waals surface area contributed by atoms with Gasteiger partial charge in [-0.25, -0.2) is 9.78 Å². The molecule has 0 saturated heterocycles. The van der Waals surface area contributed by atoms with E-state index in [1.807, 2.05) is 0 Å². The van der Waals surface area contributed by atoms with Gasteiger partial charge in [0.15, 0.2) is 0 Å². The monoisotopic (exact) mass is 541 g/mol. The largest absolute Gasteiger partial charge is 0.497 e. The van der Waals surface area contributed by atoms with Crippen molar-refractivity contribution in [2.24, 2.45) is 0 Å². The van der Waals surface area contributed by atoms with Gasteiger partial charge >= 0.3 is 5.97 Å². The van der Waals surface area contributed by atoms with Crippen LogP contribution in [0.15, 0.2) is 60.8 Å². The average molecular weight is 542 g/mol. The third kappa shape index (κ3) is 8.57. The summed E-state index contributed by atoms with van der Waals surface area (Å²) >= 11 is 5.83. The fraction of sp³-hybridized carbons (Fsp3) is 0.192. The maximum absolute atomic E-state index is 12.9. The SMILES string of the molecule is CC(O)C(=O)O.COc1ccc(NC(=O)c2ccc(C(=N)N(C)C)cc2)c(C(=O)Nc2ccc(Cl)cn2)c1. The van der Waals surface area contributed by atoms with Crippen LogP contribution in [-0.4, -0.2) is 71.0 Å². The Balaban J connectivity index is 0.000000757. The van der Waals surface area contributed by atoms with Gasteiger partial charge in [0, 0.05) is 31.4 Å². The van der Waals surface area contributed by atoms with Crippen LogP contribution in [0.4, 0.5) is 11.5 Å². The van der Waals surface area contributed by atoms with Crippen molar-refractivity contribution >= 4 is 46.7 Å². The van der Waals surface area contributed by atoms with Crippen LogP contribution >= 0.6 is 11.6 Å². The highest BCUT2D eigenvalue weighted by atomic mass is 35.5. The molecule has 2 aromatic carbocycles. The molecule has 0 radical (unpaired) electrons. The molecule has 11 nitrogen and oxygen atoms in total. The maximum atomic E-state index is 12.9. The second-order valence-corrected chi connectivity index (χ2v) is 8.45. The van der Waals surface area contributed by atoms with Gasteiger partial charge in [0.05, 0.1) is 23.4 Å². The molecular formula is C26H28ClN5O6. The van der Waals surface area contributed by atoms with E-state index in [4.69, 9.17) is 32.0 Å². The van der Waals surface area contributed by atoms with E-state index in [-0.39, 0.29) is 5.56 Å². The van der Waals surface area contributed by atoms with Crippen LogP contribution in [0.2, 0.25) is 5.02 Å². The van der Waals surface area contributed by atoms with E-state index in [0.717, 1.165) is 0 Å². The lowest BCUT2D eigenvalue weighted by Crippen LogP contribution is -2.22. The highest BCUT2D eigenvalue weighted by Gasteiger charge is 2.17. The molecule has 0 fully saturated rings. The van der Waals surface area contributed by atoms with Gasteiger partial charge in [0.2, 0.25) is 0 Å². The predicted molar refractivity (Wildman–Crippen MR) is 144 cm³/mol. The first-order valence-electron chi connectivity index (χ1n) is 11.1. The van der Waals surface area contributed by atoms with Gasteiger partial charge in [-0.2, -0.15) is 0 Å². The van der Waals surface area contributed by atoms with Gasteiger partial charge < -0.3 is 30.5 Å². The number of nitrogens with zero attached hydrogens (tertiary/aromatic N) is 2. The van der Waals surface area contributed by atoms with E-state index in [2.05, 4.69) is 15.6 Å². The fourth-order valence-corrected chi connectivity index (χ4v) is 2.92. The smallest absolute Gasteiger partial charge is 0.332 e. The lowest BCUT2D eigenvalue weighted by atomic mass is 10.1. The summed E-state index contributed by atoms with van der Waals surface area (Å²) < 4.78 is 5.22. The summed E-state index contributed by atoms with van der Waals surface area (Å²) in [7, 11) is 5.04. The Bertz CT molecular complexity index is 1290. The number of carboxylic acid groups (broad SMARTS) is 1. The third-order valence-corrected chi connectivity index (χ3v) is 5.14. The molecule has 1 heterocycles. The molecule has 0 aliphatic carbocycles. The Labute approximate surface area is 224 Å². The number of aliphatic hydroxyl groups excluding tert-OH is 1. The number of rotatable bonds is 7. The molecule has 200 valence electrons. The number of anilines is 2. The van der Waals surface area contributed by atoms with E-state index in [1.165, 1.54) is 26.3 Å². The van der Waals surface area contributed by atoms with Crippen molar-refractivity contribution in [2.75, 3.05) is 31.8 Å². The van der Waals surface area contributed by atoms with Gasteiger partial charge in [-0.1, -0.05) is 23.7 Å². The molecule has 1 aromatic heterocycles. The number of halogens is 1. The quantitative estimate of drug-likeness (QED) is 0.223. The number of aliphatic hydroxyl groups is 1. The molecule has 38 heavy (non-hydrogen) atoms. The number of amides is 2. The Hall–Kier alpha value is -4.48. The van der Waals surface area contributed by atoms with Crippen LogP contribution in [0.25, 0.3) is 0 Å². The summed E-state index contributed by atoms with van der Waals surface area (Å²) in [5.41, 5.74) is 1.60. The number of carbonyl (C=O) groups is 3. The van der Waals surface area contributed by atoms with Crippen molar-refractivity contribution in [2.45, 2.75) is 13.0 Å². The molecule has 1 unspecified atom stereocenters. The highest BCUT2D eigenvalue weighted by Crippen LogP contribution is 2.24. The van der Waals surface area contributed by atoms with Crippen molar-refractivity contribution in [1.82, 2.24) is 9.88 Å². The zero-order valence-corrected chi connectivity index (χ0v) is 21.9. The van der Waals surface area contributed by atoms with Crippen molar-refractivity contribution in [1.29, 1.82) is 5.41 Å². The second-order valence-electron chi connectivity index (χ2n) is 8.02. The molecule has 5 N–H and O–H groups in total. The first kappa shape index (κ1) is 29.7. The first-order chi connectivity index (χ1) is 17.9. The third-order valence-electron chi connectivity index (χ3n) is 4.91.